The van der Waals surface area contributed by atoms with Crippen LogP contribution in [0.25, 0.3) is 0 Å². The molecule has 1 aromatic rings. The number of aromatic nitrogens is 2. The highest BCUT2D eigenvalue weighted by molar-refractivity contribution is 5.67. The molecular formula is C17H28N4O3. The van der Waals surface area contributed by atoms with Gasteiger partial charge in [-0.15, -0.1) is 0 Å². The lowest BCUT2D eigenvalue weighted by molar-refractivity contribution is 0.0523. The lowest BCUT2D eigenvalue weighted by atomic mass is 10.0. The molecule has 7 heteroatoms. The summed E-state index contributed by atoms with van der Waals surface area (Å²) >= 11 is 0. The minimum atomic E-state index is -0.491. The van der Waals surface area contributed by atoms with Crippen molar-refractivity contribution >= 4 is 11.9 Å². The zero-order valence-corrected chi connectivity index (χ0v) is 15.0. The molecule has 1 fully saturated rings. The number of nitrogens with zero attached hydrogens (tertiary/aromatic N) is 3. The van der Waals surface area contributed by atoms with Crippen LogP contribution in [0.5, 0.6) is 5.88 Å². The van der Waals surface area contributed by atoms with E-state index in [2.05, 4.69) is 20.2 Å². The van der Waals surface area contributed by atoms with Crippen LogP contribution in [0.4, 0.5) is 10.6 Å². The quantitative estimate of drug-likeness (QED) is 0.891. The van der Waals surface area contributed by atoms with Crippen LogP contribution in [-0.4, -0.2) is 47.4 Å². The molecule has 0 spiro atoms. The third-order valence-corrected chi connectivity index (χ3v) is 3.72. The van der Waals surface area contributed by atoms with E-state index in [1.165, 1.54) is 6.33 Å². The molecule has 0 radical (unpaired) electrons. The Morgan fingerprint density at radius 3 is 2.88 bits per heavy atom. The Kier molecular flexibility index (Phi) is 6.23. The molecule has 0 unspecified atom stereocenters. The zero-order valence-electron chi connectivity index (χ0n) is 15.0. The van der Waals surface area contributed by atoms with Crippen LogP contribution in [0.3, 0.4) is 0 Å². The lowest BCUT2D eigenvalue weighted by Crippen LogP contribution is -2.48. The van der Waals surface area contributed by atoms with Gasteiger partial charge in [0.15, 0.2) is 0 Å². The molecule has 0 aromatic carbocycles. The largest absolute Gasteiger partial charge is 0.478 e. The molecule has 24 heavy (non-hydrogen) atoms. The summed E-state index contributed by atoms with van der Waals surface area (Å²) in [6.07, 6.45) is 4.39. The summed E-state index contributed by atoms with van der Waals surface area (Å²) in [5, 5.41) is 2.87. The Morgan fingerprint density at radius 2 is 2.17 bits per heavy atom. The van der Waals surface area contributed by atoms with Gasteiger partial charge in [-0.05, 0) is 47.0 Å². The first kappa shape index (κ1) is 18.3. The van der Waals surface area contributed by atoms with Crippen LogP contribution in [0.1, 0.15) is 47.0 Å². The number of anilines is 1. The fraction of sp³-hybridized carbons (Fsp3) is 0.706. The van der Waals surface area contributed by atoms with Crippen LogP contribution >= 0.6 is 0 Å². The standard InChI is InChI=1S/C17H28N4O3/c1-5-23-15-10-14(19-12-20-15)21-9-7-6-8-13(21)11-18-16(22)24-17(2,3)4/h10,12-13H,5-9,11H2,1-4H3,(H,18,22)/t13-/m1/s1. The maximum absolute atomic E-state index is 11.9. The minimum absolute atomic E-state index is 0.190. The fourth-order valence-electron chi connectivity index (χ4n) is 2.74. The molecule has 0 aliphatic carbocycles. The van der Waals surface area contributed by atoms with E-state index in [-0.39, 0.29) is 12.1 Å². The van der Waals surface area contributed by atoms with Gasteiger partial charge in [0.2, 0.25) is 5.88 Å². The number of nitrogens with one attached hydrogen (secondary N) is 1. The summed E-state index contributed by atoms with van der Waals surface area (Å²) in [5.41, 5.74) is -0.491. The Bertz CT molecular complexity index is 545. The van der Waals surface area contributed by atoms with E-state index in [1.54, 1.807) is 0 Å². The molecule has 7 nitrogen and oxygen atoms in total. The van der Waals surface area contributed by atoms with Crippen LogP contribution in [0.2, 0.25) is 0 Å². The number of amides is 1. The van der Waals surface area contributed by atoms with Gasteiger partial charge in [0.25, 0.3) is 0 Å². The first-order valence-electron chi connectivity index (χ1n) is 8.57. The third-order valence-electron chi connectivity index (χ3n) is 3.72. The maximum atomic E-state index is 11.9. The Balaban J connectivity index is 2.00. The molecule has 1 atom stereocenters. The topological polar surface area (TPSA) is 76.6 Å². The van der Waals surface area contributed by atoms with Crippen molar-refractivity contribution in [1.82, 2.24) is 15.3 Å². The van der Waals surface area contributed by atoms with Crippen molar-refractivity contribution < 1.29 is 14.3 Å². The van der Waals surface area contributed by atoms with E-state index in [9.17, 15) is 4.79 Å². The molecule has 0 saturated carbocycles. The zero-order chi connectivity index (χ0) is 17.6. The monoisotopic (exact) mass is 336 g/mol. The summed E-state index contributed by atoms with van der Waals surface area (Å²) in [6, 6.07) is 2.05. The predicted molar refractivity (Wildman–Crippen MR) is 92.4 cm³/mol. The number of hydrogen-bond acceptors (Lipinski definition) is 6. The van der Waals surface area contributed by atoms with Crippen molar-refractivity contribution in [2.45, 2.75) is 58.6 Å². The van der Waals surface area contributed by atoms with Crippen molar-refractivity contribution in [3.05, 3.63) is 12.4 Å². The first-order chi connectivity index (χ1) is 11.4. The molecule has 1 aromatic heterocycles. The van der Waals surface area contributed by atoms with E-state index in [1.807, 2.05) is 33.8 Å². The molecule has 1 aliphatic rings. The van der Waals surface area contributed by atoms with Crippen molar-refractivity contribution in [3.63, 3.8) is 0 Å². The van der Waals surface area contributed by atoms with E-state index >= 15 is 0 Å². The van der Waals surface area contributed by atoms with Crippen LogP contribution in [0.15, 0.2) is 12.4 Å². The number of carbonyl (C=O) groups is 1. The van der Waals surface area contributed by atoms with Gasteiger partial charge in [-0.3, -0.25) is 0 Å². The molecule has 2 rings (SSSR count). The van der Waals surface area contributed by atoms with Gasteiger partial charge in [0.1, 0.15) is 17.7 Å². The SMILES string of the molecule is CCOc1cc(N2CCCC[C@@H]2CNC(=O)OC(C)(C)C)ncn1. The summed E-state index contributed by atoms with van der Waals surface area (Å²) in [5.74, 6) is 1.41. The van der Waals surface area contributed by atoms with Gasteiger partial charge in [0.05, 0.1) is 6.61 Å². The lowest BCUT2D eigenvalue weighted by Gasteiger charge is -2.36. The van der Waals surface area contributed by atoms with Crippen molar-refractivity contribution in [1.29, 1.82) is 0 Å². The maximum Gasteiger partial charge on any atom is 0.407 e. The highest BCUT2D eigenvalue weighted by atomic mass is 16.6. The van der Waals surface area contributed by atoms with E-state index in [0.29, 0.717) is 19.0 Å². The average Bonchev–Trinajstić information content (AvgIpc) is 2.52. The van der Waals surface area contributed by atoms with E-state index < -0.39 is 5.60 Å². The molecule has 1 N–H and O–H groups in total. The fourth-order valence-corrected chi connectivity index (χ4v) is 2.74. The molecule has 134 valence electrons. The number of carbonyl (C=O) groups excluding carboxylic acids is 1. The second kappa shape index (κ2) is 8.17. The summed E-state index contributed by atoms with van der Waals surface area (Å²) < 4.78 is 10.8. The highest BCUT2D eigenvalue weighted by Crippen LogP contribution is 2.24. The number of hydrogen-bond donors (Lipinski definition) is 1. The van der Waals surface area contributed by atoms with Crippen LogP contribution in [0, 0.1) is 0 Å². The molecular weight excluding hydrogens is 308 g/mol. The van der Waals surface area contributed by atoms with Crippen molar-refractivity contribution in [2.75, 3.05) is 24.6 Å². The summed E-state index contributed by atoms with van der Waals surface area (Å²) in [6.45, 7) is 9.50. The number of rotatable bonds is 5. The predicted octanol–water partition coefficient (Wildman–Crippen LogP) is 2.76. The normalized spacial score (nSPS) is 18.2. The number of alkyl carbamates (subject to hydrolysis) is 1. The van der Waals surface area contributed by atoms with Crippen LogP contribution < -0.4 is 15.0 Å². The second-order valence-electron chi connectivity index (χ2n) is 6.87. The van der Waals surface area contributed by atoms with Gasteiger partial charge in [0, 0.05) is 25.2 Å². The van der Waals surface area contributed by atoms with Crippen molar-refractivity contribution in [2.24, 2.45) is 0 Å². The Labute approximate surface area is 143 Å². The molecule has 2 heterocycles. The minimum Gasteiger partial charge on any atom is -0.478 e. The Hall–Kier alpha value is -2.05. The molecule has 1 saturated heterocycles. The van der Waals surface area contributed by atoms with Gasteiger partial charge in [-0.25, -0.2) is 14.8 Å². The second-order valence-corrected chi connectivity index (χ2v) is 6.87. The molecule has 1 amide bonds. The van der Waals surface area contributed by atoms with Gasteiger partial charge < -0.3 is 19.7 Å². The highest BCUT2D eigenvalue weighted by Gasteiger charge is 2.25. The smallest absolute Gasteiger partial charge is 0.407 e. The molecule has 0 bridgehead atoms. The number of ether oxygens (including phenoxy) is 2. The first-order valence-corrected chi connectivity index (χ1v) is 8.57. The summed E-state index contributed by atoms with van der Waals surface area (Å²) in [4.78, 5) is 22.6. The average molecular weight is 336 g/mol. The third kappa shape index (κ3) is 5.54. The van der Waals surface area contributed by atoms with Gasteiger partial charge in [-0.1, -0.05) is 0 Å². The van der Waals surface area contributed by atoms with E-state index in [4.69, 9.17) is 9.47 Å². The Morgan fingerprint density at radius 1 is 1.38 bits per heavy atom. The van der Waals surface area contributed by atoms with Gasteiger partial charge >= 0.3 is 6.09 Å². The summed E-state index contributed by atoms with van der Waals surface area (Å²) in [7, 11) is 0. The van der Waals surface area contributed by atoms with Gasteiger partial charge in [-0.2, -0.15) is 0 Å². The van der Waals surface area contributed by atoms with Crippen molar-refractivity contribution in [3.8, 4) is 5.88 Å². The molecule has 1 aliphatic heterocycles. The van der Waals surface area contributed by atoms with Crippen LogP contribution in [-0.2, 0) is 4.74 Å². The van der Waals surface area contributed by atoms with E-state index in [0.717, 1.165) is 31.6 Å². The number of piperidine rings is 1.